The zero-order valence-electron chi connectivity index (χ0n) is 8.98. The zero-order chi connectivity index (χ0) is 11.4. The van der Waals surface area contributed by atoms with Crippen LogP contribution in [0.5, 0.6) is 0 Å². The summed E-state index contributed by atoms with van der Waals surface area (Å²) in [4.78, 5) is 4.15. The first-order valence-corrected chi connectivity index (χ1v) is 6.41. The predicted octanol–water partition coefficient (Wildman–Crippen LogP) is 4.01. The third-order valence-corrected chi connectivity index (χ3v) is 3.53. The Kier molecular flexibility index (Phi) is 3.80. The van der Waals surface area contributed by atoms with Crippen LogP contribution in [0.1, 0.15) is 18.4 Å². The van der Waals surface area contributed by atoms with Crippen LogP contribution < -0.4 is 5.32 Å². The Morgan fingerprint density at radius 2 is 2.12 bits per heavy atom. The summed E-state index contributed by atoms with van der Waals surface area (Å²) >= 11 is 7.28. The fourth-order valence-electron chi connectivity index (χ4n) is 1.48. The number of thiazole rings is 1. The molecule has 0 fully saturated rings. The third kappa shape index (κ3) is 2.97. The third-order valence-electron chi connectivity index (χ3n) is 2.40. The van der Waals surface area contributed by atoms with Gasteiger partial charge in [-0.3, -0.25) is 0 Å². The number of hydrogen-bond acceptors (Lipinski definition) is 3. The van der Waals surface area contributed by atoms with Crippen molar-refractivity contribution < 1.29 is 0 Å². The molecule has 1 atom stereocenters. The molecule has 84 valence electrons. The van der Waals surface area contributed by atoms with Crippen LogP contribution >= 0.6 is 22.9 Å². The lowest BCUT2D eigenvalue weighted by atomic mass is 10.0. The van der Waals surface area contributed by atoms with E-state index in [4.69, 9.17) is 11.6 Å². The van der Waals surface area contributed by atoms with Gasteiger partial charge in [-0.25, -0.2) is 4.98 Å². The number of anilines is 1. The highest BCUT2D eigenvalue weighted by atomic mass is 35.5. The standard InChI is InChI=1S/C12H13ClN2S/c1-9(10-5-3-2-4-6-10)7-14-12-15-11(13)8-16-12/h2-6,8-9H,7H2,1H3,(H,14,15). The topological polar surface area (TPSA) is 24.9 Å². The highest BCUT2D eigenvalue weighted by molar-refractivity contribution is 7.14. The quantitative estimate of drug-likeness (QED) is 0.889. The summed E-state index contributed by atoms with van der Waals surface area (Å²) in [6.07, 6.45) is 0. The number of rotatable bonds is 4. The molecule has 0 aliphatic heterocycles. The molecule has 0 amide bonds. The lowest BCUT2D eigenvalue weighted by molar-refractivity contribution is 0.804. The van der Waals surface area contributed by atoms with Crippen LogP contribution in [0, 0.1) is 0 Å². The van der Waals surface area contributed by atoms with Crippen molar-refractivity contribution in [2.24, 2.45) is 0 Å². The molecule has 1 unspecified atom stereocenters. The summed E-state index contributed by atoms with van der Waals surface area (Å²) in [7, 11) is 0. The van der Waals surface area contributed by atoms with E-state index >= 15 is 0 Å². The van der Waals surface area contributed by atoms with Gasteiger partial charge in [0.2, 0.25) is 0 Å². The van der Waals surface area contributed by atoms with E-state index in [1.165, 1.54) is 16.9 Å². The molecule has 0 aliphatic rings. The van der Waals surface area contributed by atoms with Crippen LogP contribution in [-0.2, 0) is 0 Å². The van der Waals surface area contributed by atoms with Crippen molar-refractivity contribution in [3.63, 3.8) is 0 Å². The molecule has 0 saturated carbocycles. The largest absolute Gasteiger partial charge is 0.361 e. The summed E-state index contributed by atoms with van der Waals surface area (Å²) in [6.45, 7) is 3.06. The second-order valence-electron chi connectivity index (χ2n) is 3.67. The highest BCUT2D eigenvalue weighted by Gasteiger charge is 2.05. The van der Waals surface area contributed by atoms with Crippen molar-refractivity contribution in [1.82, 2.24) is 4.98 Å². The summed E-state index contributed by atoms with van der Waals surface area (Å²) in [5.41, 5.74) is 1.33. The molecule has 2 rings (SSSR count). The van der Waals surface area contributed by atoms with Crippen molar-refractivity contribution in [2.75, 3.05) is 11.9 Å². The molecule has 0 saturated heterocycles. The molecular weight excluding hydrogens is 240 g/mol. The number of nitrogens with one attached hydrogen (secondary N) is 1. The lowest BCUT2D eigenvalue weighted by Crippen LogP contribution is -2.09. The molecule has 1 heterocycles. The van der Waals surface area contributed by atoms with E-state index in [0.717, 1.165) is 11.7 Å². The maximum absolute atomic E-state index is 5.75. The first-order chi connectivity index (χ1) is 7.75. The van der Waals surface area contributed by atoms with Gasteiger partial charge in [0.1, 0.15) is 5.15 Å². The van der Waals surface area contributed by atoms with E-state index in [1.807, 2.05) is 11.4 Å². The summed E-state index contributed by atoms with van der Waals surface area (Å²) in [5, 5.41) is 6.55. The Morgan fingerprint density at radius 1 is 1.38 bits per heavy atom. The van der Waals surface area contributed by atoms with Gasteiger partial charge in [-0.2, -0.15) is 0 Å². The van der Waals surface area contributed by atoms with Gasteiger partial charge < -0.3 is 5.32 Å². The Labute approximate surface area is 104 Å². The zero-order valence-corrected chi connectivity index (χ0v) is 10.6. The van der Waals surface area contributed by atoms with E-state index in [1.54, 1.807) is 0 Å². The van der Waals surface area contributed by atoms with Crippen molar-refractivity contribution in [1.29, 1.82) is 0 Å². The number of hydrogen-bond donors (Lipinski definition) is 1. The minimum Gasteiger partial charge on any atom is -0.361 e. The van der Waals surface area contributed by atoms with E-state index in [-0.39, 0.29) is 0 Å². The van der Waals surface area contributed by atoms with Gasteiger partial charge in [-0.1, -0.05) is 48.9 Å². The van der Waals surface area contributed by atoms with Gasteiger partial charge in [0.15, 0.2) is 5.13 Å². The molecule has 4 heteroatoms. The first kappa shape index (κ1) is 11.4. The van der Waals surface area contributed by atoms with Crippen LogP contribution in [0.4, 0.5) is 5.13 Å². The van der Waals surface area contributed by atoms with Gasteiger partial charge in [-0.15, -0.1) is 11.3 Å². The van der Waals surface area contributed by atoms with E-state index in [0.29, 0.717) is 11.1 Å². The van der Waals surface area contributed by atoms with Crippen LogP contribution in [-0.4, -0.2) is 11.5 Å². The molecule has 16 heavy (non-hydrogen) atoms. The Bertz CT molecular complexity index is 441. The summed E-state index contributed by atoms with van der Waals surface area (Å²) in [5.74, 6) is 0.462. The van der Waals surface area contributed by atoms with E-state index in [9.17, 15) is 0 Å². The van der Waals surface area contributed by atoms with Gasteiger partial charge in [0.25, 0.3) is 0 Å². The Balaban J connectivity index is 1.91. The molecule has 0 spiro atoms. The van der Waals surface area contributed by atoms with Crippen molar-refractivity contribution in [2.45, 2.75) is 12.8 Å². The van der Waals surface area contributed by atoms with Gasteiger partial charge in [-0.05, 0) is 11.5 Å². The van der Waals surface area contributed by atoms with Crippen LogP contribution in [0.2, 0.25) is 5.15 Å². The molecule has 0 bridgehead atoms. The smallest absolute Gasteiger partial charge is 0.184 e. The van der Waals surface area contributed by atoms with Crippen LogP contribution in [0.15, 0.2) is 35.7 Å². The molecule has 0 radical (unpaired) electrons. The second-order valence-corrected chi connectivity index (χ2v) is 4.91. The normalized spacial score (nSPS) is 12.4. The Morgan fingerprint density at radius 3 is 2.75 bits per heavy atom. The van der Waals surface area contributed by atoms with Crippen molar-refractivity contribution in [3.8, 4) is 0 Å². The highest BCUT2D eigenvalue weighted by Crippen LogP contribution is 2.21. The lowest BCUT2D eigenvalue weighted by Gasteiger charge is -2.11. The summed E-state index contributed by atoms with van der Waals surface area (Å²) in [6, 6.07) is 10.4. The second kappa shape index (κ2) is 5.32. The van der Waals surface area contributed by atoms with Crippen LogP contribution in [0.25, 0.3) is 0 Å². The SMILES string of the molecule is CC(CNc1nc(Cl)cs1)c1ccccc1. The number of aromatic nitrogens is 1. The molecular formula is C12H13ClN2S. The minimum absolute atomic E-state index is 0.462. The molecule has 1 aromatic carbocycles. The maximum Gasteiger partial charge on any atom is 0.184 e. The molecule has 0 aliphatic carbocycles. The van der Waals surface area contributed by atoms with Crippen molar-refractivity contribution >= 4 is 28.1 Å². The predicted molar refractivity (Wildman–Crippen MR) is 70.5 cm³/mol. The Hall–Kier alpha value is -1.06. The molecule has 2 nitrogen and oxygen atoms in total. The molecule has 2 aromatic rings. The number of halogens is 1. The van der Waals surface area contributed by atoms with E-state index in [2.05, 4.69) is 41.5 Å². The van der Waals surface area contributed by atoms with Crippen LogP contribution in [0.3, 0.4) is 0 Å². The first-order valence-electron chi connectivity index (χ1n) is 5.15. The maximum atomic E-state index is 5.75. The summed E-state index contributed by atoms with van der Waals surface area (Å²) < 4.78 is 0. The molecule has 1 aromatic heterocycles. The average molecular weight is 253 g/mol. The molecule has 1 N–H and O–H groups in total. The number of nitrogens with zero attached hydrogens (tertiary/aromatic N) is 1. The fraction of sp³-hybridized carbons (Fsp3) is 0.250. The number of benzene rings is 1. The van der Waals surface area contributed by atoms with Gasteiger partial charge >= 0.3 is 0 Å². The van der Waals surface area contributed by atoms with Gasteiger partial charge in [0.05, 0.1) is 0 Å². The van der Waals surface area contributed by atoms with E-state index < -0.39 is 0 Å². The average Bonchev–Trinajstić information content (AvgIpc) is 2.73. The van der Waals surface area contributed by atoms with Gasteiger partial charge in [0, 0.05) is 11.9 Å². The van der Waals surface area contributed by atoms with Crippen molar-refractivity contribution in [3.05, 3.63) is 46.4 Å². The monoisotopic (exact) mass is 252 g/mol. The fourth-order valence-corrected chi connectivity index (χ4v) is 2.32. The minimum atomic E-state index is 0.462.